The second-order valence-corrected chi connectivity index (χ2v) is 9.78. The van der Waals surface area contributed by atoms with Crippen molar-refractivity contribution in [3.05, 3.63) is 98.9 Å². The Hall–Kier alpha value is -3.29. The Balaban J connectivity index is 1.38. The average molecular weight is 473 g/mol. The van der Waals surface area contributed by atoms with Crippen molar-refractivity contribution in [2.24, 2.45) is 0 Å². The lowest BCUT2D eigenvalue weighted by Gasteiger charge is -2.28. The molecule has 1 atom stereocenters. The lowest BCUT2D eigenvalue weighted by Crippen LogP contribution is -2.36. The summed E-state index contributed by atoms with van der Waals surface area (Å²) in [5, 5.41) is 3.68. The van der Waals surface area contributed by atoms with Crippen molar-refractivity contribution in [3.8, 4) is 0 Å². The van der Waals surface area contributed by atoms with Crippen LogP contribution in [0.3, 0.4) is 0 Å². The summed E-state index contributed by atoms with van der Waals surface area (Å²) < 4.78 is 1.61. The molecular weight excluding hydrogens is 444 g/mol. The predicted octanol–water partition coefficient (Wildman–Crippen LogP) is 4.38. The summed E-state index contributed by atoms with van der Waals surface area (Å²) >= 11 is 1.29. The maximum Gasteiger partial charge on any atom is 0.262 e. The van der Waals surface area contributed by atoms with Gasteiger partial charge in [-0.25, -0.2) is 4.98 Å². The number of nitrogens with zero attached hydrogens (tertiary/aromatic N) is 3. The largest absolute Gasteiger partial charge is 0.349 e. The van der Waals surface area contributed by atoms with Crippen molar-refractivity contribution < 1.29 is 4.79 Å². The number of nitrogens with one attached hydrogen (secondary N) is 1. The van der Waals surface area contributed by atoms with E-state index in [1.807, 2.05) is 55.5 Å². The monoisotopic (exact) mass is 472 g/mol. The third-order valence-electron chi connectivity index (χ3n) is 6.54. The first-order valence-electron chi connectivity index (χ1n) is 11.7. The van der Waals surface area contributed by atoms with Crippen LogP contribution < -0.4 is 10.9 Å². The van der Waals surface area contributed by atoms with Crippen LogP contribution in [0.2, 0.25) is 0 Å². The Morgan fingerprint density at radius 2 is 1.74 bits per heavy atom. The standard InChI is InChI=1S/C27H28N4O2S/c1-19-23-26(29-18-31(27(23)33)17-20-10-4-2-5-11-20)34-24(19)25(32)28-16-22(30-14-8-9-15-30)21-12-6-3-7-13-21/h2-7,10-13,18,22H,8-9,14-17H2,1H3,(H,28,32). The third-order valence-corrected chi connectivity index (χ3v) is 7.74. The molecule has 0 radical (unpaired) electrons. The number of carbonyl (C=O) groups excluding carboxylic acids is 1. The quantitative estimate of drug-likeness (QED) is 0.433. The Morgan fingerprint density at radius 3 is 2.44 bits per heavy atom. The van der Waals surface area contributed by atoms with E-state index in [1.54, 1.807) is 10.9 Å². The van der Waals surface area contributed by atoms with Crippen LogP contribution >= 0.6 is 11.3 Å². The van der Waals surface area contributed by atoms with Gasteiger partial charge in [-0.3, -0.25) is 19.1 Å². The lowest BCUT2D eigenvalue weighted by atomic mass is 10.1. The van der Waals surface area contributed by atoms with Crippen LogP contribution in [0.5, 0.6) is 0 Å². The number of hydrogen-bond acceptors (Lipinski definition) is 5. The van der Waals surface area contributed by atoms with Gasteiger partial charge in [-0.15, -0.1) is 11.3 Å². The number of thiophene rings is 1. The maximum absolute atomic E-state index is 13.2. The van der Waals surface area contributed by atoms with Crippen molar-refractivity contribution in [1.29, 1.82) is 0 Å². The summed E-state index contributed by atoms with van der Waals surface area (Å²) in [5.41, 5.74) is 2.84. The molecule has 3 heterocycles. The van der Waals surface area contributed by atoms with Gasteiger partial charge in [0.05, 0.1) is 29.2 Å². The predicted molar refractivity (Wildman–Crippen MR) is 136 cm³/mol. The highest BCUT2D eigenvalue weighted by Gasteiger charge is 2.25. The number of likely N-dealkylation sites (tertiary alicyclic amines) is 1. The van der Waals surface area contributed by atoms with E-state index in [4.69, 9.17) is 0 Å². The third kappa shape index (κ3) is 4.54. The molecule has 5 rings (SSSR count). The molecule has 2 aromatic heterocycles. The second kappa shape index (κ2) is 9.91. The van der Waals surface area contributed by atoms with E-state index in [1.165, 1.54) is 29.7 Å². The maximum atomic E-state index is 13.2. The van der Waals surface area contributed by atoms with Gasteiger partial charge < -0.3 is 5.32 Å². The van der Waals surface area contributed by atoms with E-state index in [0.717, 1.165) is 18.7 Å². The zero-order chi connectivity index (χ0) is 23.5. The van der Waals surface area contributed by atoms with Crippen LogP contribution in [0.1, 0.15) is 45.2 Å². The van der Waals surface area contributed by atoms with Crippen LogP contribution in [0.25, 0.3) is 10.2 Å². The minimum atomic E-state index is -0.144. The molecule has 1 aliphatic rings. The molecule has 6 nitrogen and oxygen atoms in total. The van der Waals surface area contributed by atoms with Gasteiger partial charge in [0, 0.05) is 6.54 Å². The molecule has 1 saturated heterocycles. The SMILES string of the molecule is Cc1c(C(=O)NCC(c2ccccc2)N2CCCC2)sc2ncn(Cc3ccccc3)c(=O)c12. The molecule has 1 unspecified atom stereocenters. The number of aryl methyl sites for hydroxylation is 1. The lowest BCUT2D eigenvalue weighted by molar-refractivity contribution is 0.0941. The number of aromatic nitrogens is 2. The molecule has 0 bridgehead atoms. The fraction of sp³-hybridized carbons (Fsp3) is 0.296. The van der Waals surface area contributed by atoms with Gasteiger partial charge in [0.15, 0.2) is 0 Å². The average Bonchev–Trinajstić information content (AvgIpc) is 3.51. The van der Waals surface area contributed by atoms with Gasteiger partial charge in [-0.2, -0.15) is 0 Å². The molecule has 0 aliphatic carbocycles. The summed E-state index contributed by atoms with van der Waals surface area (Å²) in [6.45, 7) is 4.92. The van der Waals surface area contributed by atoms with Crippen molar-refractivity contribution in [3.63, 3.8) is 0 Å². The van der Waals surface area contributed by atoms with E-state index >= 15 is 0 Å². The van der Waals surface area contributed by atoms with E-state index in [2.05, 4.69) is 27.3 Å². The number of amides is 1. The minimum Gasteiger partial charge on any atom is -0.349 e. The molecule has 1 N–H and O–H groups in total. The van der Waals surface area contributed by atoms with Crippen molar-refractivity contribution >= 4 is 27.5 Å². The number of hydrogen-bond donors (Lipinski definition) is 1. The molecule has 4 aromatic rings. The Kier molecular flexibility index (Phi) is 6.56. The zero-order valence-electron chi connectivity index (χ0n) is 19.2. The number of carbonyl (C=O) groups is 1. The first-order valence-corrected chi connectivity index (χ1v) is 12.5. The molecule has 34 heavy (non-hydrogen) atoms. The number of rotatable bonds is 7. The fourth-order valence-corrected chi connectivity index (χ4v) is 5.78. The second-order valence-electron chi connectivity index (χ2n) is 8.78. The van der Waals surface area contributed by atoms with Crippen molar-refractivity contribution in [1.82, 2.24) is 19.8 Å². The molecule has 174 valence electrons. The molecule has 1 aliphatic heterocycles. The highest BCUT2D eigenvalue weighted by Crippen LogP contribution is 2.28. The first-order chi connectivity index (χ1) is 16.6. The van der Waals surface area contributed by atoms with Crippen molar-refractivity contribution in [2.75, 3.05) is 19.6 Å². The summed E-state index contributed by atoms with van der Waals surface area (Å²) in [6, 6.07) is 20.3. The zero-order valence-corrected chi connectivity index (χ0v) is 20.1. The molecule has 1 fully saturated rings. The molecule has 1 amide bonds. The van der Waals surface area contributed by atoms with Crippen LogP contribution in [-0.4, -0.2) is 40.0 Å². The Labute approximate surface area is 202 Å². The first kappa shape index (κ1) is 22.5. The molecule has 0 spiro atoms. The topological polar surface area (TPSA) is 67.2 Å². The number of fused-ring (bicyclic) bond motifs is 1. The van der Waals surface area contributed by atoms with Gasteiger partial charge in [0.2, 0.25) is 0 Å². The minimum absolute atomic E-state index is 0.110. The highest BCUT2D eigenvalue weighted by molar-refractivity contribution is 7.20. The normalized spacial score (nSPS) is 15.0. The Bertz CT molecular complexity index is 1340. The smallest absolute Gasteiger partial charge is 0.262 e. The summed E-state index contributed by atoms with van der Waals surface area (Å²) in [4.78, 5) is 34.5. The summed E-state index contributed by atoms with van der Waals surface area (Å²) in [5.74, 6) is -0.144. The van der Waals surface area contributed by atoms with E-state index in [9.17, 15) is 9.59 Å². The van der Waals surface area contributed by atoms with Gasteiger partial charge in [-0.05, 0) is 49.5 Å². The fourth-order valence-electron chi connectivity index (χ4n) is 4.72. The summed E-state index contributed by atoms with van der Waals surface area (Å²) in [6.07, 6.45) is 3.95. The van der Waals surface area contributed by atoms with Crippen LogP contribution in [0.15, 0.2) is 71.8 Å². The van der Waals surface area contributed by atoms with Gasteiger partial charge in [0.1, 0.15) is 4.83 Å². The highest BCUT2D eigenvalue weighted by atomic mass is 32.1. The van der Waals surface area contributed by atoms with Gasteiger partial charge in [0.25, 0.3) is 11.5 Å². The Morgan fingerprint density at radius 1 is 1.06 bits per heavy atom. The van der Waals surface area contributed by atoms with Crippen LogP contribution in [-0.2, 0) is 6.54 Å². The van der Waals surface area contributed by atoms with E-state index in [-0.39, 0.29) is 17.5 Å². The van der Waals surface area contributed by atoms with Crippen LogP contribution in [0.4, 0.5) is 0 Å². The number of benzene rings is 2. The molecule has 2 aromatic carbocycles. The molecular formula is C27H28N4O2S. The van der Waals surface area contributed by atoms with Crippen molar-refractivity contribution in [2.45, 2.75) is 32.4 Å². The van der Waals surface area contributed by atoms with E-state index in [0.29, 0.717) is 33.7 Å². The van der Waals surface area contributed by atoms with Crippen LogP contribution in [0, 0.1) is 6.92 Å². The summed E-state index contributed by atoms with van der Waals surface area (Å²) in [7, 11) is 0. The van der Waals surface area contributed by atoms with E-state index < -0.39 is 0 Å². The molecule has 0 saturated carbocycles. The van der Waals surface area contributed by atoms with Gasteiger partial charge >= 0.3 is 0 Å². The molecule has 7 heteroatoms. The van der Waals surface area contributed by atoms with Gasteiger partial charge in [-0.1, -0.05) is 60.7 Å².